The maximum absolute atomic E-state index is 10.2. The van der Waals surface area contributed by atoms with Crippen LogP contribution in [0.1, 0.15) is 18.1 Å². The Balaban J connectivity index is 1.85. The van der Waals surface area contributed by atoms with Crippen molar-refractivity contribution >= 4 is 5.96 Å². The molecule has 3 N–H and O–H groups in total. The Hall–Kier alpha value is -2.73. The van der Waals surface area contributed by atoms with E-state index in [0.717, 1.165) is 42.1 Å². The van der Waals surface area contributed by atoms with Gasteiger partial charge in [-0.25, -0.2) is 0 Å². The number of nitrogens with zero attached hydrogens (tertiary/aromatic N) is 1. The summed E-state index contributed by atoms with van der Waals surface area (Å²) in [5, 5.41) is 16.8. The second-order valence-electron chi connectivity index (χ2n) is 6.43. The summed E-state index contributed by atoms with van der Waals surface area (Å²) in [4.78, 5) is 4.50. The van der Waals surface area contributed by atoms with Crippen molar-refractivity contribution in [3.63, 3.8) is 0 Å². The fourth-order valence-corrected chi connectivity index (χ4v) is 2.85. The van der Waals surface area contributed by atoms with Crippen molar-refractivity contribution in [3.8, 4) is 11.5 Å². The van der Waals surface area contributed by atoms with E-state index < -0.39 is 6.10 Å². The molecule has 28 heavy (non-hydrogen) atoms. The lowest BCUT2D eigenvalue weighted by atomic mass is 10.1. The lowest BCUT2D eigenvalue weighted by molar-refractivity contribution is 0.183. The van der Waals surface area contributed by atoms with Gasteiger partial charge in [-0.3, -0.25) is 4.99 Å². The molecule has 0 radical (unpaired) electrons. The average Bonchev–Trinajstić information content (AvgIpc) is 2.72. The van der Waals surface area contributed by atoms with E-state index in [2.05, 4.69) is 15.6 Å². The molecule has 0 saturated heterocycles. The number of methoxy groups -OCH3 is 2. The number of benzene rings is 2. The molecule has 0 aliphatic heterocycles. The second-order valence-corrected chi connectivity index (χ2v) is 6.43. The number of ether oxygens (including phenoxy) is 2. The first-order valence-electron chi connectivity index (χ1n) is 9.61. The smallest absolute Gasteiger partial charge is 0.191 e. The molecule has 0 spiro atoms. The summed E-state index contributed by atoms with van der Waals surface area (Å²) in [5.74, 6) is 2.15. The Bertz CT molecular complexity index is 735. The largest absolute Gasteiger partial charge is 0.493 e. The van der Waals surface area contributed by atoms with E-state index in [1.165, 1.54) is 0 Å². The Morgan fingerprint density at radius 2 is 1.75 bits per heavy atom. The molecule has 0 fully saturated rings. The van der Waals surface area contributed by atoms with Gasteiger partial charge in [0.1, 0.15) is 0 Å². The van der Waals surface area contributed by atoms with Gasteiger partial charge >= 0.3 is 0 Å². The van der Waals surface area contributed by atoms with Gasteiger partial charge < -0.3 is 25.2 Å². The lowest BCUT2D eigenvalue weighted by Crippen LogP contribution is -2.39. The molecule has 0 aliphatic carbocycles. The van der Waals surface area contributed by atoms with Crippen LogP contribution in [0.4, 0.5) is 0 Å². The van der Waals surface area contributed by atoms with E-state index >= 15 is 0 Å². The van der Waals surface area contributed by atoms with Crippen LogP contribution >= 0.6 is 0 Å². The van der Waals surface area contributed by atoms with E-state index in [-0.39, 0.29) is 0 Å². The van der Waals surface area contributed by atoms with Gasteiger partial charge in [0.15, 0.2) is 17.5 Å². The van der Waals surface area contributed by atoms with E-state index in [4.69, 9.17) is 9.47 Å². The minimum Gasteiger partial charge on any atom is -0.493 e. The number of hydrogen-bond acceptors (Lipinski definition) is 4. The van der Waals surface area contributed by atoms with Crippen LogP contribution in [0.5, 0.6) is 11.5 Å². The van der Waals surface area contributed by atoms with Crippen LogP contribution in [0.2, 0.25) is 0 Å². The van der Waals surface area contributed by atoms with Crippen LogP contribution in [0.3, 0.4) is 0 Å². The highest BCUT2D eigenvalue weighted by atomic mass is 16.5. The summed E-state index contributed by atoms with van der Waals surface area (Å²) in [7, 11) is 3.26. The molecule has 152 valence electrons. The molecule has 2 rings (SSSR count). The predicted molar refractivity (Wildman–Crippen MR) is 113 cm³/mol. The van der Waals surface area contributed by atoms with Gasteiger partial charge in [-0.1, -0.05) is 36.4 Å². The van der Waals surface area contributed by atoms with Gasteiger partial charge in [0, 0.05) is 19.5 Å². The van der Waals surface area contributed by atoms with Crippen LogP contribution in [0.15, 0.2) is 53.5 Å². The topological polar surface area (TPSA) is 75.1 Å². The normalized spacial score (nSPS) is 12.4. The Morgan fingerprint density at radius 3 is 2.43 bits per heavy atom. The van der Waals surface area contributed by atoms with Gasteiger partial charge in [-0.2, -0.15) is 0 Å². The highest BCUT2D eigenvalue weighted by molar-refractivity contribution is 5.79. The second kappa shape index (κ2) is 11.9. The fraction of sp³-hybridized carbons (Fsp3) is 0.409. The summed E-state index contributed by atoms with van der Waals surface area (Å²) in [6.07, 6.45) is 0.899. The third-order valence-corrected chi connectivity index (χ3v) is 4.27. The zero-order valence-electron chi connectivity index (χ0n) is 16.9. The predicted octanol–water partition coefficient (Wildman–Crippen LogP) is 2.41. The number of guanidine groups is 1. The third kappa shape index (κ3) is 7.12. The molecule has 0 heterocycles. The number of aliphatic hydroxyl groups is 1. The molecule has 0 aliphatic rings. The van der Waals surface area contributed by atoms with Crippen molar-refractivity contribution in [2.75, 3.05) is 33.9 Å². The summed E-state index contributed by atoms with van der Waals surface area (Å²) in [5.41, 5.74) is 2.25. The van der Waals surface area contributed by atoms with Gasteiger partial charge in [-0.15, -0.1) is 0 Å². The van der Waals surface area contributed by atoms with Crippen molar-refractivity contribution in [1.29, 1.82) is 0 Å². The highest BCUT2D eigenvalue weighted by Gasteiger charge is 2.07. The lowest BCUT2D eigenvalue weighted by Gasteiger charge is -2.14. The van der Waals surface area contributed by atoms with Gasteiger partial charge in [0.05, 0.1) is 26.9 Å². The standard InChI is InChI=1S/C22H31N3O3/c1-4-23-22(25-16-19(26)14-17-8-6-5-7-9-17)24-13-12-18-10-11-20(27-2)21(15-18)28-3/h5-11,15,19,26H,4,12-14,16H2,1-3H3,(H2,23,24,25). The number of rotatable bonds is 10. The van der Waals surface area contributed by atoms with Crippen molar-refractivity contribution in [1.82, 2.24) is 10.6 Å². The van der Waals surface area contributed by atoms with E-state index in [1.807, 2.05) is 55.5 Å². The first-order valence-corrected chi connectivity index (χ1v) is 9.61. The Kier molecular flexibility index (Phi) is 9.15. The minimum absolute atomic E-state index is 0.348. The zero-order chi connectivity index (χ0) is 20.2. The molecule has 1 unspecified atom stereocenters. The fourth-order valence-electron chi connectivity index (χ4n) is 2.85. The number of hydrogen-bond donors (Lipinski definition) is 3. The van der Waals surface area contributed by atoms with Crippen molar-refractivity contribution < 1.29 is 14.6 Å². The molecular formula is C22H31N3O3. The molecule has 1 atom stereocenters. The van der Waals surface area contributed by atoms with Crippen LogP contribution in [0.25, 0.3) is 0 Å². The summed E-state index contributed by atoms with van der Waals surface area (Å²) >= 11 is 0. The summed E-state index contributed by atoms with van der Waals surface area (Å²) in [6, 6.07) is 15.9. The maximum Gasteiger partial charge on any atom is 0.191 e. The molecule has 0 aromatic heterocycles. The highest BCUT2D eigenvalue weighted by Crippen LogP contribution is 2.27. The van der Waals surface area contributed by atoms with Gasteiger partial charge in [0.2, 0.25) is 0 Å². The van der Waals surface area contributed by atoms with Crippen LogP contribution < -0.4 is 20.1 Å². The van der Waals surface area contributed by atoms with Gasteiger partial charge in [-0.05, 0) is 36.6 Å². The van der Waals surface area contributed by atoms with Crippen molar-refractivity contribution in [2.45, 2.75) is 25.9 Å². The maximum atomic E-state index is 10.2. The van der Waals surface area contributed by atoms with E-state index in [0.29, 0.717) is 18.9 Å². The van der Waals surface area contributed by atoms with Crippen LogP contribution in [-0.4, -0.2) is 51.0 Å². The molecule has 0 saturated carbocycles. The quantitative estimate of drug-likeness (QED) is 0.433. The average molecular weight is 386 g/mol. The van der Waals surface area contributed by atoms with Crippen molar-refractivity contribution in [3.05, 3.63) is 59.7 Å². The molecule has 6 heteroatoms. The van der Waals surface area contributed by atoms with Crippen LogP contribution in [-0.2, 0) is 12.8 Å². The summed E-state index contributed by atoms with van der Waals surface area (Å²) < 4.78 is 10.6. The van der Waals surface area contributed by atoms with E-state index in [9.17, 15) is 5.11 Å². The van der Waals surface area contributed by atoms with Crippen LogP contribution in [0, 0.1) is 0 Å². The third-order valence-electron chi connectivity index (χ3n) is 4.27. The Labute approximate surface area is 167 Å². The molecule has 0 bridgehead atoms. The first-order chi connectivity index (χ1) is 13.7. The molecule has 2 aromatic carbocycles. The number of aliphatic imine (C=N–C) groups is 1. The number of nitrogens with one attached hydrogen (secondary N) is 2. The number of aliphatic hydroxyl groups excluding tert-OH is 1. The Morgan fingerprint density at radius 1 is 1.00 bits per heavy atom. The van der Waals surface area contributed by atoms with Crippen molar-refractivity contribution in [2.24, 2.45) is 4.99 Å². The first kappa shape index (κ1) is 21.6. The molecule has 0 amide bonds. The SMILES string of the molecule is CCNC(=NCC(O)Cc1ccccc1)NCCc1ccc(OC)c(OC)c1. The summed E-state index contributed by atoms with van der Waals surface area (Å²) in [6.45, 7) is 3.85. The monoisotopic (exact) mass is 385 g/mol. The van der Waals surface area contributed by atoms with Gasteiger partial charge in [0.25, 0.3) is 0 Å². The minimum atomic E-state index is -0.510. The molecule has 6 nitrogen and oxygen atoms in total. The zero-order valence-corrected chi connectivity index (χ0v) is 16.9. The molecule has 2 aromatic rings. The molecular weight excluding hydrogens is 354 g/mol. The van der Waals surface area contributed by atoms with E-state index in [1.54, 1.807) is 14.2 Å².